The SMILES string of the molecule is Cc1nccn1-c1ncccc1NC(=O)C1CNC(=O)C1. The van der Waals surface area contributed by atoms with E-state index in [0.717, 1.165) is 5.82 Å². The van der Waals surface area contributed by atoms with E-state index in [2.05, 4.69) is 20.6 Å². The molecule has 21 heavy (non-hydrogen) atoms. The van der Waals surface area contributed by atoms with Crippen LogP contribution in [-0.4, -0.2) is 32.9 Å². The van der Waals surface area contributed by atoms with Crippen LogP contribution in [0.5, 0.6) is 0 Å². The maximum absolute atomic E-state index is 12.2. The van der Waals surface area contributed by atoms with E-state index in [1.807, 2.05) is 6.92 Å². The second-order valence-electron chi connectivity index (χ2n) is 4.91. The monoisotopic (exact) mass is 285 g/mol. The molecule has 0 saturated carbocycles. The molecule has 108 valence electrons. The number of imidazole rings is 1. The van der Waals surface area contributed by atoms with Crippen molar-refractivity contribution in [2.45, 2.75) is 13.3 Å². The molecule has 0 aromatic carbocycles. The summed E-state index contributed by atoms with van der Waals surface area (Å²) in [5, 5.41) is 5.50. The summed E-state index contributed by atoms with van der Waals surface area (Å²) in [6.45, 7) is 2.24. The first-order valence-electron chi connectivity index (χ1n) is 6.68. The van der Waals surface area contributed by atoms with Gasteiger partial charge in [0.15, 0.2) is 5.82 Å². The highest BCUT2D eigenvalue weighted by molar-refractivity contribution is 5.98. The van der Waals surface area contributed by atoms with E-state index in [4.69, 9.17) is 0 Å². The summed E-state index contributed by atoms with van der Waals surface area (Å²) in [6.07, 6.45) is 5.35. The Morgan fingerprint density at radius 3 is 2.95 bits per heavy atom. The normalized spacial score (nSPS) is 17.6. The third-order valence-corrected chi connectivity index (χ3v) is 3.45. The van der Waals surface area contributed by atoms with Crippen LogP contribution in [0.25, 0.3) is 5.82 Å². The highest BCUT2D eigenvalue weighted by atomic mass is 16.2. The summed E-state index contributed by atoms with van der Waals surface area (Å²) in [7, 11) is 0. The molecule has 0 radical (unpaired) electrons. The van der Waals surface area contributed by atoms with E-state index in [9.17, 15) is 9.59 Å². The lowest BCUT2D eigenvalue weighted by atomic mass is 10.1. The third kappa shape index (κ3) is 2.62. The zero-order valence-corrected chi connectivity index (χ0v) is 11.5. The Morgan fingerprint density at radius 2 is 2.29 bits per heavy atom. The van der Waals surface area contributed by atoms with Crippen molar-refractivity contribution in [3.05, 3.63) is 36.5 Å². The van der Waals surface area contributed by atoms with Gasteiger partial charge < -0.3 is 10.6 Å². The summed E-state index contributed by atoms with van der Waals surface area (Å²) in [5.74, 6) is 0.780. The lowest BCUT2D eigenvalue weighted by molar-refractivity contribution is -0.123. The maximum Gasteiger partial charge on any atom is 0.229 e. The van der Waals surface area contributed by atoms with Crippen LogP contribution < -0.4 is 10.6 Å². The van der Waals surface area contributed by atoms with Crippen molar-refractivity contribution in [3.8, 4) is 5.82 Å². The van der Waals surface area contributed by atoms with E-state index in [-0.39, 0.29) is 24.2 Å². The Balaban J connectivity index is 1.85. The minimum Gasteiger partial charge on any atom is -0.355 e. The number of hydrogen-bond donors (Lipinski definition) is 2. The molecule has 0 aliphatic carbocycles. The number of carbonyl (C=O) groups excluding carboxylic acids is 2. The molecule has 3 heterocycles. The van der Waals surface area contributed by atoms with Gasteiger partial charge in [0.1, 0.15) is 5.82 Å². The molecule has 0 bridgehead atoms. The van der Waals surface area contributed by atoms with Gasteiger partial charge in [-0.2, -0.15) is 0 Å². The third-order valence-electron chi connectivity index (χ3n) is 3.45. The average Bonchev–Trinajstić information content (AvgIpc) is 3.08. The highest BCUT2D eigenvalue weighted by Gasteiger charge is 2.28. The number of aromatic nitrogens is 3. The fraction of sp³-hybridized carbons (Fsp3) is 0.286. The molecule has 7 nitrogen and oxygen atoms in total. The number of anilines is 1. The molecular weight excluding hydrogens is 270 g/mol. The number of rotatable bonds is 3. The number of amides is 2. The van der Waals surface area contributed by atoms with Crippen LogP contribution in [0.15, 0.2) is 30.7 Å². The molecule has 2 aromatic heterocycles. The number of nitrogens with one attached hydrogen (secondary N) is 2. The molecule has 3 rings (SSSR count). The fourth-order valence-corrected chi connectivity index (χ4v) is 2.31. The van der Waals surface area contributed by atoms with Crippen LogP contribution >= 0.6 is 0 Å². The van der Waals surface area contributed by atoms with Gasteiger partial charge in [-0.15, -0.1) is 0 Å². The molecule has 1 fully saturated rings. The van der Waals surface area contributed by atoms with Gasteiger partial charge in [-0.25, -0.2) is 9.97 Å². The van der Waals surface area contributed by atoms with Gasteiger partial charge in [-0.1, -0.05) is 0 Å². The standard InChI is InChI=1S/C14H15N5O2/c1-9-15-5-6-19(9)13-11(3-2-4-16-13)18-14(21)10-7-12(20)17-8-10/h2-6,10H,7-8H2,1H3,(H,17,20)(H,18,21). The van der Waals surface area contributed by atoms with Gasteiger partial charge in [0, 0.05) is 31.6 Å². The van der Waals surface area contributed by atoms with Crippen molar-refractivity contribution in [2.75, 3.05) is 11.9 Å². The summed E-state index contributed by atoms with van der Waals surface area (Å²) >= 11 is 0. The van der Waals surface area contributed by atoms with Gasteiger partial charge in [-0.05, 0) is 19.1 Å². The van der Waals surface area contributed by atoms with E-state index >= 15 is 0 Å². The molecule has 7 heteroatoms. The smallest absolute Gasteiger partial charge is 0.229 e. The molecule has 1 atom stereocenters. The molecule has 1 saturated heterocycles. The molecule has 1 aliphatic rings. The van der Waals surface area contributed by atoms with Crippen LogP contribution in [0.2, 0.25) is 0 Å². The van der Waals surface area contributed by atoms with Crippen molar-refractivity contribution in [1.82, 2.24) is 19.9 Å². The van der Waals surface area contributed by atoms with E-state index < -0.39 is 0 Å². The van der Waals surface area contributed by atoms with Gasteiger partial charge in [0.05, 0.1) is 11.6 Å². The van der Waals surface area contributed by atoms with Crippen molar-refractivity contribution in [3.63, 3.8) is 0 Å². The molecule has 2 amide bonds. The molecule has 0 spiro atoms. The largest absolute Gasteiger partial charge is 0.355 e. The highest BCUT2D eigenvalue weighted by Crippen LogP contribution is 2.20. The summed E-state index contributed by atoms with van der Waals surface area (Å²) in [6, 6.07) is 3.54. The topological polar surface area (TPSA) is 88.9 Å². The summed E-state index contributed by atoms with van der Waals surface area (Å²) in [4.78, 5) is 31.9. The first-order chi connectivity index (χ1) is 10.1. The van der Waals surface area contributed by atoms with Crippen LogP contribution in [0.3, 0.4) is 0 Å². The number of nitrogens with zero attached hydrogens (tertiary/aromatic N) is 3. The van der Waals surface area contributed by atoms with E-state index in [0.29, 0.717) is 18.1 Å². The molecule has 2 N–H and O–H groups in total. The lowest BCUT2D eigenvalue weighted by Crippen LogP contribution is -2.25. The zero-order valence-electron chi connectivity index (χ0n) is 11.5. The molecule has 1 aliphatic heterocycles. The summed E-state index contributed by atoms with van der Waals surface area (Å²) in [5.41, 5.74) is 0.600. The van der Waals surface area contributed by atoms with Crippen molar-refractivity contribution >= 4 is 17.5 Å². The first kappa shape index (κ1) is 13.3. The van der Waals surface area contributed by atoms with Gasteiger partial charge in [0.2, 0.25) is 11.8 Å². The van der Waals surface area contributed by atoms with Crippen LogP contribution in [0, 0.1) is 12.8 Å². The maximum atomic E-state index is 12.2. The van der Waals surface area contributed by atoms with E-state index in [1.165, 1.54) is 0 Å². The predicted octanol–water partition coefficient (Wildman–Crippen LogP) is 0.650. The number of aryl methyl sites for hydroxylation is 1. The number of hydrogen-bond acceptors (Lipinski definition) is 4. The Bertz CT molecular complexity index is 694. The number of carbonyl (C=O) groups is 2. The minimum atomic E-state index is -0.338. The van der Waals surface area contributed by atoms with E-state index in [1.54, 1.807) is 35.3 Å². The Hall–Kier alpha value is -2.70. The van der Waals surface area contributed by atoms with Crippen LogP contribution in [-0.2, 0) is 9.59 Å². The second-order valence-corrected chi connectivity index (χ2v) is 4.91. The molecule has 1 unspecified atom stereocenters. The van der Waals surface area contributed by atoms with Crippen molar-refractivity contribution in [1.29, 1.82) is 0 Å². The lowest BCUT2D eigenvalue weighted by Gasteiger charge is -2.13. The van der Waals surface area contributed by atoms with Crippen molar-refractivity contribution in [2.24, 2.45) is 5.92 Å². The van der Waals surface area contributed by atoms with Gasteiger partial charge >= 0.3 is 0 Å². The summed E-state index contributed by atoms with van der Waals surface area (Å²) < 4.78 is 1.80. The Morgan fingerprint density at radius 1 is 1.43 bits per heavy atom. The fourth-order valence-electron chi connectivity index (χ4n) is 2.31. The second kappa shape index (κ2) is 5.35. The Kier molecular flexibility index (Phi) is 3.39. The van der Waals surface area contributed by atoms with Gasteiger partial charge in [0.25, 0.3) is 0 Å². The average molecular weight is 285 g/mol. The zero-order chi connectivity index (χ0) is 14.8. The molecule has 2 aromatic rings. The van der Waals surface area contributed by atoms with Crippen molar-refractivity contribution < 1.29 is 9.59 Å². The Labute approximate surface area is 121 Å². The number of pyridine rings is 1. The van der Waals surface area contributed by atoms with Crippen LogP contribution in [0.4, 0.5) is 5.69 Å². The first-order valence-corrected chi connectivity index (χ1v) is 6.68. The van der Waals surface area contributed by atoms with Crippen LogP contribution in [0.1, 0.15) is 12.2 Å². The quantitative estimate of drug-likeness (QED) is 0.866. The minimum absolute atomic E-state index is 0.0907. The van der Waals surface area contributed by atoms with Gasteiger partial charge in [-0.3, -0.25) is 14.2 Å². The predicted molar refractivity (Wildman–Crippen MR) is 75.8 cm³/mol. The molecular formula is C14H15N5O2.